The lowest BCUT2D eigenvalue weighted by Crippen LogP contribution is -2.53. The van der Waals surface area contributed by atoms with Crippen molar-refractivity contribution in [2.24, 2.45) is 0 Å². The van der Waals surface area contributed by atoms with Crippen LogP contribution in [0.3, 0.4) is 0 Å². The molecule has 1 N–H and O–H groups in total. The third kappa shape index (κ3) is 8.94. The topological polar surface area (TPSA) is 117 Å². The number of likely N-dealkylation sites (tertiary alicyclic amines) is 1. The van der Waals surface area contributed by atoms with Crippen LogP contribution in [-0.4, -0.2) is 102 Å². The van der Waals surface area contributed by atoms with Gasteiger partial charge in [0.05, 0.1) is 36.1 Å². The fourth-order valence-electron chi connectivity index (χ4n) is 7.94. The number of fused-ring (bicyclic) bond motifs is 1. The summed E-state index contributed by atoms with van der Waals surface area (Å²) in [6.45, 7) is 5.11. The number of anilines is 2. The summed E-state index contributed by atoms with van der Waals surface area (Å²) in [5, 5.41) is 9.46. The molecule has 12 nitrogen and oxygen atoms in total. The predicted octanol–water partition coefficient (Wildman–Crippen LogP) is 8.70. The maximum atomic E-state index is 17.5. The molecule has 318 valence electrons. The van der Waals surface area contributed by atoms with E-state index >= 15 is 17.6 Å². The van der Waals surface area contributed by atoms with Crippen LogP contribution in [0, 0.1) is 12.7 Å². The number of hydrogen-bond acceptors (Lipinski definition) is 10. The zero-order valence-electron chi connectivity index (χ0n) is 33.9. The van der Waals surface area contributed by atoms with Gasteiger partial charge < -0.3 is 38.9 Å². The number of amides is 1. The molecule has 17 heteroatoms. The molecule has 0 bridgehead atoms. The van der Waals surface area contributed by atoms with Gasteiger partial charge in [0, 0.05) is 50.2 Å². The second kappa shape index (κ2) is 17.5. The molecule has 0 radical (unpaired) electrons. The van der Waals surface area contributed by atoms with Gasteiger partial charge in [0.2, 0.25) is 0 Å². The third-order valence-electron chi connectivity index (χ3n) is 11.2. The number of rotatable bonds is 12. The Labute approximate surface area is 350 Å². The number of nitrogens with zero attached hydrogens (tertiary/aromatic N) is 7. The van der Waals surface area contributed by atoms with Gasteiger partial charge in [-0.3, -0.25) is 0 Å². The Morgan fingerprint density at radius 2 is 1.58 bits per heavy atom. The number of carbonyl (C=O) groups is 1. The molecule has 1 unspecified atom stereocenters. The van der Waals surface area contributed by atoms with Crippen LogP contribution in [0.4, 0.5) is 34.0 Å². The van der Waals surface area contributed by atoms with Crippen molar-refractivity contribution in [2.75, 3.05) is 63.9 Å². The lowest BCUT2D eigenvalue weighted by atomic mass is 9.98. The summed E-state index contributed by atoms with van der Waals surface area (Å²) in [5.41, 5.74) is -1.29. The summed E-state index contributed by atoms with van der Waals surface area (Å²) in [6, 6.07) is 16.7. The highest BCUT2D eigenvalue weighted by Crippen LogP contribution is 2.45. The first-order chi connectivity index (χ1) is 28.6. The first-order valence-corrected chi connectivity index (χ1v) is 19.9. The molecule has 0 aliphatic carbocycles. The SMILES string of the molecule is COc1ccc(CN(Cc2ccc(OC)cc2)c2cc(C)c(C(F)(F)F)c(-c3c(Cl)cc4c(N5CCN(C(=O)O)C[C@@H]5C)nc(OCC5CCCN5C)nc4c3F)n2)cc1. The molecule has 4 heterocycles. The van der Waals surface area contributed by atoms with Gasteiger partial charge >= 0.3 is 18.3 Å². The second-order valence-corrected chi connectivity index (χ2v) is 15.6. The molecule has 2 aromatic heterocycles. The van der Waals surface area contributed by atoms with E-state index in [2.05, 4.69) is 14.9 Å². The molecule has 2 atom stereocenters. The molecule has 2 saturated heterocycles. The Kier molecular flexibility index (Phi) is 12.4. The van der Waals surface area contributed by atoms with Gasteiger partial charge in [-0.05, 0) is 93.4 Å². The Hall–Kier alpha value is -5.61. The van der Waals surface area contributed by atoms with E-state index in [1.807, 2.05) is 36.2 Å². The largest absolute Gasteiger partial charge is 0.497 e. The van der Waals surface area contributed by atoms with Crippen molar-refractivity contribution in [2.45, 2.75) is 58.0 Å². The quantitative estimate of drug-likeness (QED) is 0.122. The molecule has 7 rings (SSSR count). The van der Waals surface area contributed by atoms with E-state index in [1.165, 1.54) is 24.0 Å². The minimum atomic E-state index is -4.95. The fraction of sp³-hybridized carbons (Fsp3) is 0.395. The number of aromatic nitrogens is 3. The van der Waals surface area contributed by atoms with Gasteiger partial charge in [0.15, 0.2) is 5.82 Å². The van der Waals surface area contributed by atoms with Crippen molar-refractivity contribution < 1.29 is 41.7 Å². The summed E-state index contributed by atoms with van der Waals surface area (Å²) < 4.78 is 79.8. The number of methoxy groups -OCH3 is 2. The van der Waals surface area contributed by atoms with Gasteiger partial charge in [-0.25, -0.2) is 14.2 Å². The monoisotopic (exact) mass is 851 g/mol. The van der Waals surface area contributed by atoms with E-state index in [1.54, 1.807) is 50.3 Å². The van der Waals surface area contributed by atoms with Crippen molar-refractivity contribution in [3.63, 3.8) is 0 Å². The molecule has 5 aromatic rings. The Morgan fingerprint density at radius 3 is 2.12 bits per heavy atom. The van der Waals surface area contributed by atoms with E-state index < -0.39 is 40.9 Å². The Morgan fingerprint density at radius 1 is 0.950 bits per heavy atom. The number of hydrogen-bond donors (Lipinski definition) is 1. The van der Waals surface area contributed by atoms with E-state index in [0.29, 0.717) is 11.5 Å². The average Bonchev–Trinajstić information content (AvgIpc) is 3.63. The summed E-state index contributed by atoms with van der Waals surface area (Å²) in [7, 11) is 5.08. The van der Waals surface area contributed by atoms with E-state index in [4.69, 9.17) is 30.8 Å². The molecule has 0 spiro atoms. The van der Waals surface area contributed by atoms with Crippen molar-refractivity contribution in [3.05, 3.63) is 93.8 Å². The van der Waals surface area contributed by atoms with Crippen LogP contribution in [0.2, 0.25) is 5.02 Å². The number of likely N-dealkylation sites (N-methyl/N-ethyl adjacent to an activating group) is 1. The highest BCUT2D eigenvalue weighted by atomic mass is 35.5. The van der Waals surface area contributed by atoms with Crippen molar-refractivity contribution >= 4 is 40.2 Å². The minimum Gasteiger partial charge on any atom is -0.497 e. The Balaban J connectivity index is 1.39. The number of ether oxygens (including phenoxy) is 3. The van der Waals surface area contributed by atoms with Crippen molar-refractivity contribution in [1.29, 1.82) is 0 Å². The molecule has 0 saturated carbocycles. The molecule has 2 aliphatic heterocycles. The van der Waals surface area contributed by atoms with Crippen LogP contribution in [-0.2, 0) is 19.3 Å². The molecule has 1 amide bonds. The molecule has 2 fully saturated rings. The fourth-order valence-corrected chi connectivity index (χ4v) is 8.23. The number of pyridine rings is 1. The summed E-state index contributed by atoms with van der Waals surface area (Å²) in [4.78, 5) is 32.6. The third-order valence-corrected chi connectivity index (χ3v) is 11.5. The summed E-state index contributed by atoms with van der Waals surface area (Å²) in [6.07, 6.45) is -4.19. The normalized spacial score (nSPS) is 17.3. The molecule has 3 aromatic carbocycles. The maximum Gasteiger partial charge on any atom is 0.418 e. The van der Waals surface area contributed by atoms with Crippen LogP contribution in [0.5, 0.6) is 17.5 Å². The zero-order valence-corrected chi connectivity index (χ0v) is 34.6. The van der Waals surface area contributed by atoms with Crippen LogP contribution in [0.1, 0.15) is 42.0 Å². The lowest BCUT2D eigenvalue weighted by Gasteiger charge is -2.39. The molecular weight excluding hydrogens is 806 g/mol. The summed E-state index contributed by atoms with van der Waals surface area (Å²) >= 11 is 6.90. The van der Waals surface area contributed by atoms with Crippen LogP contribution < -0.4 is 24.0 Å². The predicted molar refractivity (Wildman–Crippen MR) is 221 cm³/mol. The molecule has 2 aliphatic rings. The minimum absolute atomic E-state index is 0.0550. The van der Waals surface area contributed by atoms with Crippen molar-refractivity contribution in [1.82, 2.24) is 24.8 Å². The van der Waals surface area contributed by atoms with Crippen molar-refractivity contribution in [3.8, 4) is 28.8 Å². The van der Waals surface area contributed by atoms with Gasteiger partial charge in [-0.2, -0.15) is 23.1 Å². The molecular formula is C43H46ClF4N7O5. The number of alkyl halides is 3. The average molecular weight is 852 g/mol. The Bertz CT molecular complexity index is 2300. The highest BCUT2D eigenvalue weighted by molar-refractivity contribution is 6.34. The zero-order chi connectivity index (χ0) is 42.9. The van der Waals surface area contributed by atoms with Crippen LogP contribution >= 0.6 is 11.6 Å². The standard InChI is InChI=1S/C43H46ClF4N7O5/c1-25-19-34(54(22-27-8-12-30(58-4)13-9-27)23-28-10-14-31(59-5)15-11-28)49-39(36(25)43(46,47)48)35-33(44)20-32-38(37(35)45)50-41(60-24-29-7-6-16-52(29)3)51-40(32)55-18-17-53(42(56)57)21-26(55)2/h8-15,19-20,26,29H,6-7,16-18,21-24H2,1-5H3,(H,56,57)/t26-,29?/m0/s1. The molecule has 60 heavy (non-hydrogen) atoms. The smallest absolute Gasteiger partial charge is 0.418 e. The number of benzene rings is 3. The number of carboxylic acid groups (broad SMARTS) is 1. The van der Waals surface area contributed by atoms with Gasteiger partial charge in [0.25, 0.3) is 0 Å². The summed E-state index contributed by atoms with van der Waals surface area (Å²) in [5.74, 6) is 0.508. The van der Waals surface area contributed by atoms with Gasteiger partial charge in [-0.15, -0.1) is 0 Å². The van der Waals surface area contributed by atoms with Gasteiger partial charge in [-0.1, -0.05) is 35.9 Å². The first-order valence-electron chi connectivity index (χ1n) is 19.5. The second-order valence-electron chi connectivity index (χ2n) is 15.2. The van der Waals surface area contributed by atoms with E-state index in [0.717, 1.165) is 30.5 Å². The number of aryl methyl sites for hydroxylation is 1. The first kappa shape index (κ1) is 42.5. The highest BCUT2D eigenvalue weighted by Gasteiger charge is 2.39. The number of halogens is 5. The maximum absolute atomic E-state index is 17.5. The van der Waals surface area contributed by atoms with Crippen LogP contribution in [0.15, 0.2) is 60.7 Å². The van der Waals surface area contributed by atoms with Gasteiger partial charge in [0.1, 0.15) is 35.3 Å². The number of piperazine rings is 1. The van der Waals surface area contributed by atoms with E-state index in [-0.39, 0.29) is 84.5 Å². The van der Waals surface area contributed by atoms with E-state index in [9.17, 15) is 9.90 Å². The lowest BCUT2D eigenvalue weighted by molar-refractivity contribution is -0.137. The van der Waals surface area contributed by atoms with Crippen LogP contribution in [0.25, 0.3) is 22.2 Å².